The molecule has 4 aromatic rings. The molecule has 0 bridgehead atoms. The van der Waals surface area contributed by atoms with Crippen molar-refractivity contribution < 1.29 is 4.79 Å². The molecule has 32 heavy (non-hydrogen) atoms. The van der Waals surface area contributed by atoms with Crippen LogP contribution in [0.5, 0.6) is 0 Å². The standard InChI is InChI=1S/C27H23ClN2O2/c1-3-29-22-12-9-18(15-17(22)2)10-14-24(31)26-25(19-7-5-4-6-8-19)21-16-20(28)11-13-23(21)30-27(26)32/h4-16,29H,3H2,1-2H3,(H,30,32)/b14-10+. The number of hydrogen-bond acceptors (Lipinski definition) is 3. The summed E-state index contributed by atoms with van der Waals surface area (Å²) >= 11 is 6.24. The Bertz CT molecular complexity index is 1390. The second kappa shape index (κ2) is 9.25. The van der Waals surface area contributed by atoms with Crippen LogP contribution in [-0.4, -0.2) is 17.3 Å². The Kier molecular flexibility index (Phi) is 6.24. The molecule has 0 aliphatic heterocycles. The molecule has 0 saturated carbocycles. The van der Waals surface area contributed by atoms with Crippen molar-refractivity contribution in [2.45, 2.75) is 13.8 Å². The zero-order chi connectivity index (χ0) is 22.7. The van der Waals surface area contributed by atoms with E-state index in [0.29, 0.717) is 16.1 Å². The molecule has 0 saturated heterocycles. The predicted octanol–water partition coefficient (Wildman–Crippen LogP) is 6.48. The van der Waals surface area contributed by atoms with Crippen LogP contribution in [0.4, 0.5) is 5.69 Å². The molecule has 5 heteroatoms. The second-order valence-corrected chi connectivity index (χ2v) is 8.00. The first-order valence-electron chi connectivity index (χ1n) is 10.5. The molecular weight excluding hydrogens is 420 g/mol. The van der Waals surface area contributed by atoms with Gasteiger partial charge in [0.15, 0.2) is 5.78 Å². The first-order valence-corrected chi connectivity index (χ1v) is 10.8. The number of aromatic nitrogens is 1. The van der Waals surface area contributed by atoms with Crippen molar-refractivity contribution in [2.75, 3.05) is 11.9 Å². The minimum absolute atomic E-state index is 0.100. The van der Waals surface area contributed by atoms with Crippen LogP contribution in [0.25, 0.3) is 28.1 Å². The van der Waals surface area contributed by atoms with Gasteiger partial charge in [0, 0.05) is 33.7 Å². The number of allylic oxidation sites excluding steroid dienone is 1. The predicted molar refractivity (Wildman–Crippen MR) is 134 cm³/mol. The summed E-state index contributed by atoms with van der Waals surface area (Å²) in [6.45, 7) is 4.90. The van der Waals surface area contributed by atoms with Crippen molar-refractivity contribution in [3.63, 3.8) is 0 Å². The van der Waals surface area contributed by atoms with Crippen molar-refractivity contribution in [1.82, 2.24) is 4.98 Å². The van der Waals surface area contributed by atoms with E-state index in [1.165, 1.54) is 6.08 Å². The van der Waals surface area contributed by atoms with Gasteiger partial charge in [-0.3, -0.25) is 9.59 Å². The van der Waals surface area contributed by atoms with Crippen molar-refractivity contribution in [1.29, 1.82) is 0 Å². The van der Waals surface area contributed by atoms with E-state index in [0.717, 1.165) is 34.3 Å². The van der Waals surface area contributed by atoms with Gasteiger partial charge in [-0.1, -0.05) is 54.1 Å². The number of fused-ring (bicyclic) bond motifs is 1. The Morgan fingerprint density at radius 2 is 1.84 bits per heavy atom. The van der Waals surface area contributed by atoms with Crippen LogP contribution in [0.3, 0.4) is 0 Å². The fourth-order valence-corrected chi connectivity index (χ4v) is 4.01. The normalized spacial score (nSPS) is 11.2. The molecule has 1 aromatic heterocycles. The monoisotopic (exact) mass is 442 g/mol. The third kappa shape index (κ3) is 4.36. The smallest absolute Gasteiger partial charge is 0.260 e. The fourth-order valence-electron chi connectivity index (χ4n) is 3.84. The van der Waals surface area contributed by atoms with Gasteiger partial charge < -0.3 is 10.3 Å². The van der Waals surface area contributed by atoms with E-state index < -0.39 is 5.56 Å². The lowest BCUT2D eigenvalue weighted by Gasteiger charge is -2.12. The maximum Gasteiger partial charge on any atom is 0.260 e. The third-order valence-electron chi connectivity index (χ3n) is 5.33. The van der Waals surface area contributed by atoms with E-state index in [9.17, 15) is 9.59 Å². The number of carbonyl (C=O) groups is 1. The van der Waals surface area contributed by atoms with Gasteiger partial charge >= 0.3 is 0 Å². The van der Waals surface area contributed by atoms with Crippen molar-refractivity contribution in [2.24, 2.45) is 0 Å². The average Bonchev–Trinajstić information content (AvgIpc) is 2.79. The Morgan fingerprint density at radius 3 is 2.56 bits per heavy atom. The number of aromatic amines is 1. The zero-order valence-electron chi connectivity index (χ0n) is 17.9. The molecule has 4 nitrogen and oxygen atoms in total. The summed E-state index contributed by atoms with van der Waals surface area (Å²) in [6, 6.07) is 20.6. The van der Waals surface area contributed by atoms with Gasteiger partial charge in [-0.15, -0.1) is 0 Å². The summed E-state index contributed by atoms with van der Waals surface area (Å²) in [4.78, 5) is 29.1. The Morgan fingerprint density at radius 1 is 1.06 bits per heavy atom. The lowest BCUT2D eigenvalue weighted by molar-refractivity contribution is 0.104. The SMILES string of the molecule is CCNc1ccc(/C=C/C(=O)c2c(-c3ccccc3)c3cc(Cl)ccc3[nH]c2=O)cc1C. The highest BCUT2D eigenvalue weighted by Gasteiger charge is 2.19. The van der Waals surface area contributed by atoms with Crippen molar-refractivity contribution >= 4 is 40.1 Å². The Hall–Kier alpha value is -3.63. The lowest BCUT2D eigenvalue weighted by Crippen LogP contribution is -2.18. The average molecular weight is 443 g/mol. The molecule has 0 aliphatic rings. The summed E-state index contributed by atoms with van der Waals surface area (Å²) in [6.07, 6.45) is 3.19. The number of carbonyl (C=O) groups excluding carboxylic acids is 1. The van der Waals surface area contributed by atoms with Crippen LogP contribution in [0.2, 0.25) is 5.02 Å². The molecular formula is C27H23ClN2O2. The number of nitrogens with one attached hydrogen (secondary N) is 2. The maximum absolute atomic E-state index is 13.3. The number of H-pyrrole nitrogens is 1. The first-order chi connectivity index (χ1) is 15.5. The maximum atomic E-state index is 13.3. The van der Waals surface area contributed by atoms with E-state index in [4.69, 9.17) is 11.6 Å². The third-order valence-corrected chi connectivity index (χ3v) is 5.57. The molecule has 0 atom stereocenters. The van der Waals surface area contributed by atoms with Crippen LogP contribution in [0.15, 0.2) is 77.6 Å². The molecule has 0 fully saturated rings. The number of pyridine rings is 1. The van der Waals surface area contributed by atoms with Gasteiger partial charge in [0.2, 0.25) is 0 Å². The van der Waals surface area contributed by atoms with Gasteiger partial charge in [0.25, 0.3) is 5.56 Å². The van der Waals surface area contributed by atoms with E-state index >= 15 is 0 Å². The first kappa shape index (κ1) is 21.6. The second-order valence-electron chi connectivity index (χ2n) is 7.56. The molecule has 1 heterocycles. The highest BCUT2D eigenvalue weighted by atomic mass is 35.5. The number of hydrogen-bond donors (Lipinski definition) is 2. The van der Waals surface area contributed by atoms with Crippen LogP contribution >= 0.6 is 11.6 Å². The summed E-state index contributed by atoms with van der Waals surface area (Å²) in [5, 5.41) is 4.56. The van der Waals surface area contributed by atoms with Crippen LogP contribution < -0.4 is 10.9 Å². The van der Waals surface area contributed by atoms with Crippen LogP contribution in [0, 0.1) is 6.92 Å². The van der Waals surface area contributed by atoms with E-state index in [2.05, 4.69) is 10.3 Å². The highest BCUT2D eigenvalue weighted by Crippen LogP contribution is 2.31. The summed E-state index contributed by atoms with van der Waals surface area (Å²) in [5.41, 5.74) is 4.71. The summed E-state index contributed by atoms with van der Waals surface area (Å²) in [5.74, 6) is -0.361. The quantitative estimate of drug-likeness (QED) is 0.265. The van der Waals surface area contributed by atoms with E-state index in [1.54, 1.807) is 24.3 Å². The lowest BCUT2D eigenvalue weighted by atomic mass is 9.94. The van der Waals surface area contributed by atoms with Gasteiger partial charge in [-0.2, -0.15) is 0 Å². The van der Waals surface area contributed by atoms with Gasteiger partial charge in [0.05, 0.1) is 5.56 Å². The fraction of sp³-hybridized carbons (Fsp3) is 0.111. The number of benzene rings is 3. The molecule has 0 amide bonds. The summed E-state index contributed by atoms with van der Waals surface area (Å²) < 4.78 is 0. The minimum atomic E-state index is -0.424. The topological polar surface area (TPSA) is 62.0 Å². The van der Waals surface area contributed by atoms with E-state index in [-0.39, 0.29) is 11.3 Å². The molecule has 0 radical (unpaired) electrons. The molecule has 160 valence electrons. The number of anilines is 1. The minimum Gasteiger partial charge on any atom is -0.385 e. The molecule has 0 spiro atoms. The van der Waals surface area contributed by atoms with Gasteiger partial charge in [0.1, 0.15) is 0 Å². The van der Waals surface area contributed by atoms with Crippen molar-refractivity contribution in [3.8, 4) is 11.1 Å². The highest BCUT2D eigenvalue weighted by molar-refractivity contribution is 6.31. The molecule has 3 aromatic carbocycles. The molecule has 0 unspecified atom stereocenters. The molecule has 4 rings (SSSR count). The number of ketones is 1. The molecule has 2 N–H and O–H groups in total. The van der Waals surface area contributed by atoms with E-state index in [1.807, 2.05) is 62.4 Å². The number of aryl methyl sites for hydroxylation is 1. The Balaban J connectivity index is 1.82. The summed E-state index contributed by atoms with van der Waals surface area (Å²) in [7, 11) is 0. The van der Waals surface area contributed by atoms with Crippen LogP contribution in [0.1, 0.15) is 28.4 Å². The van der Waals surface area contributed by atoms with Gasteiger partial charge in [-0.25, -0.2) is 0 Å². The van der Waals surface area contributed by atoms with Crippen LogP contribution in [-0.2, 0) is 0 Å². The van der Waals surface area contributed by atoms with Gasteiger partial charge in [-0.05, 0) is 66.9 Å². The number of halogens is 1. The number of rotatable bonds is 6. The largest absolute Gasteiger partial charge is 0.385 e. The van der Waals surface area contributed by atoms with Crippen molar-refractivity contribution in [3.05, 3.63) is 105 Å². The zero-order valence-corrected chi connectivity index (χ0v) is 18.7. The molecule has 0 aliphatic carbocycles. The Labute approximate surface area is 191 Å².